The van der Waals surface area contributed by atoms with Crippen LogP contribution >= 0.6 is 23.1 Å². The van der Waals surface area contributed by atoms with E-state index in [4.69, 9.17) is 4.74 Å². The number of anilines is 1. The number of carbonyl (C=O) groups excluding carboxylic acids is 1. The maximum atomic E-state index is 12.1. The van der Waals surface area contributed by atoms with Crippen LogP contribution in [-0.4, -0.2) is 53.5 Å². The number of aromatic nitrogens is 1. The molecule has 130 valence electrons. The van der Waals surface area contributed by atoms with E-state index in [1.807, 2.05) is 38.7 Å². The first kappa shape index (κ1) is 18.4. The minimum Gasteiger partial charge on any atom is -0.444 e. The highest BCUT2D eigenvalue weighted by Gasteiger charge is 2.26. The van der Waals surface area contributed by atoms with Crippen molar-refractivity contribution in [1.29, 1.82) is 0 Å². The first-order valence-electron chi connectivity index (χ1n) is 8.20. The number of thiazole rings is 1. The maximum Gasteiger partial charge on any atom is 0.410 e. The summed E-state index contributed by atoms with van der Waals surface area (Å²) in [5, 5.41) is 1.06. The average molecular weight is 358 g/mol. The second-order valence-corrected chi connectivity index (χ2v) is 9.02. The molecule has 0 saturated carbocycles. The zero-order valence-corrected chi connectivity index (χ0v) is 16.1. The number of amides is 1. The van der Waals surface area contributed by atoms with Gasteiger partial charge >= 0.3 is 6.09 Å². The molecule has 2 rings (SSSR count). The summed E-state index contributed by atoms with van der Waals surface area (Å²) in [6.07, 6.45) is 4.23. The highest BCUT2D eigenvalue weighted by Crippen LogP contribution is 2.31. The van der Waals surface area contributed by atoms with Crippen molar-refractivity contribution in [2.24, 2.45) is 0 Å². The molecule has 0 N–H and O–H groups in total. The van der Waals surface area contributed by atoms with Gasteiger partial charge in [0.05, 0.1) is 10.4 Å². The third-order valence-electron chi connectivity index (χ3n) is 3.42. The lowest BCUT2D eigenvalue weighted by Crippen LogP contribution is -2.50. The van der Waals surface area contributed by atoms with Gasteiger partial charge in [-0.1, -0.05) is 24.7 Å². The first-order chi connectivity index (χ1) is 10.9. The van der Waals surface area contributed by atoms with Crippen LogP contribution < -0.4 is 4.90 Å². The Morgan fingerprint density at radius 2 is 2.04 bits per heavy atom. The zero-order chi connectivity index (χ0) is 16.9. The standard InChI is InChI=1S/C16H27N3O2S2/c1-5-6-11-22-13-12-17-14(23-13)18-7-9-19(10-8-18)15(20)21-16(2,3)4/h12H,5-11H2,1-4H3. The van der Waals surface area contributed by atoms with Gasteiger partial charge in [0.15, 0.2) is 5.13 Å². The zero-order valence-electron chi connectivity index (χ0n) is 14.5. The summed E-state index contributed by atoms with van der Waals surface area (Å²) in [6, 6.07) is 0. The van der Waals surface area contributed by atoms with E-state index in [1.165, 1.54) is 17.1 Å². The molecule has 1 aliphatic heterocycles. The highest BCUT2D eigenvalue weighted by molar-refractivity contribution is 8.01. The number of piperazine rings is 1. The molecule has 0 radical (unpaired) electrons. The summed E-state index contributed by atoms with van der Waals surface area (Å²) in [4.78, 5) is 20.7. The Kier molecular flexibility index (Phi) is 6.59. The summed E-state index contributed by atoms with van der Waals surface area (Å²) in [6.45, 7) is 10.9. The van der Waals surface area contributed by atoms with Gasteiger partial charge in [0.1, 0.15) is 5.60 Å². The van der Waals surface area contributed by atoms with Gasteiger partial charge in [0, 0.05) is 26.2 Å². The lowest BCUT2D eigenvalue weighted by atomic mass is 10.2. The van der Waals surface area contributed by atoms with Crippen molar-refractivity contribution < 1.29 is 9.53 Å². The lowest BCUT2D eigenvalue weighted by molar-refractivity contribution is 0.0240. The van der Waals surface area contributed by atoms with Gasteiger partial charge < -0.3 is 14.5 Å². The minimum atomic E-state index is -0.436. The molecule has 0 aliphatic carbocycles. The number of rotatable bonds is 5. The van der Waals surface area contributed by atoms with Crippen molar-refractivity contribution >= 4 is 34.3 Å². The van der Waals surface area contributed by atoms with Crippen LogP contribution in [0.2, 0.25) is 0 Å². The number of thioether (sulfide) groups is 1. The Hall–Kier alpha value is -0.950. The Labute approximate surface area is 147 Å². The summed E-state index contributed by atoms with van der Waals surface area (Å²) in [5.74, 6) is 1.16. The second kappa shape index (κ2) is 8.24. The molecule has 5 nitrogen and oxygen atoms in total. The molecule has 1 fully saturated rings. The second-order valence-electron chi connectivity index (χ2n) is 6.62. The van der Waals surface area contributed by atoms with Crippen molar-refractivity contribution in [3.05, 3.63) is 6.20 Å². The molecule has 7 heteroatoms. The Morgan fingerprint density at radius 3 is 2.65 bits per heavy atom. The van der Waals surface area contributed by atoms with Crippen LogP contribution in [0.25, 0.3) is 0 Å². The highest BCUT2D eigenvalue weighted by atomic mass is 32.2. The molecule has 1 saturated heterocycles. The molecular formula is C16H27N3O2S2. The van der Waals surface area contributed by atoms with Gasteiger partial charge in [-0.25, -0.2) is 9.78 Å². The van der Waals surface area contributed by atoms with E-state index < -0.39 is 5.60 Å². The number of nitrogens with zero attached hydrogens (tertiary/aromatic N) is 3. The van der Waals surface area contributed by atoms with Crippen LogP contribution in [0.15, 0.2) is 10.4 Å². The average Bonchev–Trinajstić information content (AvgIpc) is 2.95. The molecule has 1 aromatic rings. The van der Waals surface area contributed by atoms with E-state index in [0.717, 1.165) is 24.0 Å². The van der Waals surface area contributed by atoms with Crippen molar-refractivity contribution in [1.82, 2.24) is 9.88 Å². The summed E-state index contributed by atoms with van der Waals surface area (Å²) >= 11 is 3.64. The van der Waals surface area contributed by atoms with E-state index >= 15 is 0 Å². The van der Waals surface area contributed by atoms with Gasteiger partial charge in [-0.3, -0.25) is 0 Å². The smallest absolute Gasteiger partial charge is 0.410 e. The molecule has 0 spiro atoms. The van der Waals surface area contributed by atoms with E-state index in [-0.39, 0.29) is 6.09 Å². The van der Waals surface area contributed by atoms with Crippen molar-refractivity contribution in [2.45, 2.75) is 50.3 Å². The van der Waals surface area contributed by atoms with Crippen molar-refractivity contribution in [3.8, 4) is 0 Å². The quantitative estimate of drug-likeness (QED) is 0.586. The number of hydrogen-bond acceptors (Lipinski definition) is 6. The predicted molar refractivity (Wildman–Crippen MR) is 97.8 cm³/mol. The van der Waals surface area contributed by atoms with Crippen molar-refractivity contribution in [2.75, 3.05) is 36.8 Å². The molecule has 23 heavy (non-hydrogen) atoms. The third-order valence-corrected chi connectivity index (χ3v) is 5.76. The van der Waals surface area contributed by atoms with Crippen LogP contribution in [-0.2, 0) is 4.74 Å². The molecule has 0 atom stereocenters. The Balaban J connectivity index is 1.81. The predicted octanol–water partition coefficient (Wildman–Crippen LogP) is 4.09. The number of unbranched alkanes of at least 4 members (excludes halogenated alkanes) is 1. The van der Waals surface area contributed by atoms with Gasteiger partial charge in [-0.05, 0) is 32.9 Å². The Bertz CT molecular complexity index is 506. The lowest BCUT2D eigenvalue weighted by Gasteiger charge is -2.35. The molecule has 1 amide bonds. The SMILES string of the molecule is CCCCSc1cnc(N2CCN(C(=O)OC(C)(C)C)CC2)s1. The van der Waals surface area contributed by atoms with Crippen LogP contribution in [0.3, 0.4) is 0 Å². The third kappa shape index (κ3) is 5.88. The van der Waals surface area contributed by atoms with Crippen LogP contribution in [0, 0.1) is 0 Å². The summed E-state index contributed by atoms with van der Waals surface area (Å²) < 4.78 is 6.71. The van der Waals surface area contributed by atoms with Crippen LogP contribution in [0.5, 0.6) is 0 Å². The monoisotopic (exact) mass is 357 g/mol. The van der Waals surface area contributed by atoms with E-state index in [0.29, 0.717) is 13.1 Å². The van der Waals surface area contributed by atoms with Crippen LogP contribution in [0.4, 0.5) is 9.93 Å². The van der Waals surface area contributed by atoms with Gasteiger partial charge in [-0.15, -0.1) is 11.8 Å². The number of carbonyl (C=O) groups is 1. The van der Waals surface area contributed by atoms with E-state index in [1.54, 1.807) is 16.2 Å². The minimum absolute atomic E-state index is 0.216. The van der Waals surface area contributed by atoms with Crippen LogP contribution in [0.1, 0.15) is 40.5 Å². The fourth-order valence-corrected chi connectivity index (χ4v) is 4.36. The molecule has 0 unspecified atom stereocenters. The normalized spacial score (nSPS) is 15.8. The Morgan fingerprint density at radius 1 is 1.35 bits per heavy atom. The molecule has 0 aromatic carbocycles. The molecule has 1 aliphatic rings. The fraction of sp³-hybridized carbons (Fsp3) is 0.750. The summed E-state index contributed by atoms with van der Waals surface area (Å²) in [7, 11) is 0. The van der Waals surface area contributed by atoms with Crippen molar-refractivity contribution in [3.63, 3.8) is 0 Å². The van der Waals surface area contributed by atoms with E-state index in [2.05, 4.69) is 16.8 Å². The molecular weight excluding hydrogens is 330 g/mol. The van der Waals surface area contributed by atoms with Gasteiger partial charge in [-0.2, -0.15) is 0 Å². The topological polar surface area (TPSA) is 45.7 Å². The number of hydrogen-bond donors (Lipinski definition) is 0. The fourth-order valence-electron chi connectivity index (χ4n) is 2.19. The maximum absolute atomic E-state index is 12.1. The molecule has 1 aromatic heterocycles. The molecule has 0 bridgehead atoms. The largest absolute Gasteiger partial charge is 0.444 e. The van der Waals surface area contributed by atoms with E-state index in [9.17, 15) is 4.79 Å². The van der Waals surface area contributed by atoms with Gasteiger partial charge in [0.2, 0.25) is 0 Å². The first-order valence-corrected chi connectivity index (χ1v) is 10.0. The number of ether oxygens (including phenoxy) is 1. The molecule has 2 heterocycles. The van der Waals surface area contributed by atoms with Gasteiger partial charge in [0.25, 0.3) is 0 Å². The summed E-state index contributed by atoms with van der Waals surface area (Å²) in [5.41, 5.74) is -0.436.